The van der Waals surface area contributed by atoms with Crippen molar-refractivity contribution in [1.29, 1.82) is 0 Å². The van der Waals surface area contributed by atoms with Gasteiger partial charge in [0, 0.05) is 5.69 Å². The molecule has 168 valence electrons. The van der Waals surface area contributed by atoms with Gasteiger partial charge in [0.2, 0.25) is 5.91 Å². The third-order valence-electron chi connectivity index (χ3n) is 4.44. The molecule has 0 aliphatic carbocycles. The van der Waals surface area contributed by atoms with Crippen molar-refractivity contribution in [2.75, 3.05) is 23.8 Å². The van der Waals surface area contributed by atoms with Gasteiger partial charge in [0.15, 0.2) is 5.75 Å². The number of carbonyl (C=O) groups excluding carboxylic acids is 1. The number of amides is 1. The van der Waals surface area contributed by atoms with Gasteiger partial charge in [-0.3, -0.25) is 4.79 Å². The van der Waals surface area contributed by atoms with Gasteiger partial charge in [-0.25, -0.2) is 0 Å². The Kier molecular flexibility index (Phi) is 7.25. The van der Waals surface area contributed by atoms with E-state index in [4.69, 9.17) is 9.47 Å². The zero-order chi connectivity index (χ0) is 23.1. The minimum atomic E-state index is -4.53. The molecule has 0 saturated heterocycles. The predicted molar refractivity (Wildman–Crippen MR) is 117 cm³/mol. The lowest BCUT2D eigenvalue weighted by Gasteiger charge is -2.16. The fraction of sp³-hybridized carbons (Fsp3) is 0.208. The summed E-state index contributed by atoms with van der Waals surface area (Å²) < 4.78 is 50.7. The fourth-order valence-electron chi connectivity index (χ4n) is 2.85. The summed E-state index contributed by atoms with van der Waals surface area (Å²) in [4.78, 5) is 12.3. The van der Waals surface area contributed by atoms with Crippen LogP contribution in [0.3, 0.4) is 0 Å². The van der Waals surface area contributed by atoms with Gasteiger partial charge in [-0.1, -0.05) is 17.7 Å². The number of aryl methyl sites for hydroxylation is 1. The number of nitrogens with one attached hydrogen (secondary N) is 2. The Morgan fingerprint density at radius 3 is 2.22 bits per heavy atom. The van der Waals surface area contributed by atoms with Crippen LogP contribution in [0.4, 0.5) is 24.5 Å². The average Bonchev–Trinajstić information content (AvgIpc) is 2.75. The van der Waals surface area contributed by atoms with Gasteiger partial charge in [0.25, 0.3) is 0 Å². The first kappa shape index (κ1) is 23.0. The van der Waals surface area contributed by atoms with Crippen molar-refractivity contribution in [1.82, 2.24) is 0 Å². The van der Waals surface area contributed by atoms with E-state index in [9.17, 15) is 18.0 Å². The summed E-state index contributed by atoms with van der Waals surface area (Å²) in [6.07, 6.45) is -4.53. The van der Waals surface area contributed by atoms with Crippen molar-refractivity contribution in [3.05, 3.63) is 77.9 Å². The lowest BCUT2D eigenvalue weighted by molar-refractivity contribution is -0.137. The summed E-state index contributed by atoms with van der Waals surface area (Å²) in [5, 5.41) is 5.44. The molecule has 0 aliphatic heterocycles. The number of ether oxygens (including phenoxy) is 2. The lowest BCUT2D eigenvalue weighted by Crippen LogP contribution is -2.22. The maximum absolute atomic E-state index is 13.2. The van der Waals surface area contributed by atoms with Crippen LogP contribution in [0.5, 0.6) is 17.2 Å². The molecular weight excluding hydrogens is 421 g/mol. The van der Waals surface area contributed by atoms with Crippen LogP contribution in [0.15, 0.2) is 66.7 Å². The van der Waals surface area contributed by atoms with Crippen LogP contribution in [0, 0.1) is 6.92 Å². The Morgan fingerprint density at radius 1 is 0.938 bits per heavy atom. The van der Waals surface area contributed by atoms with Crippen LogP contribution >= 0.6 is 0 Å². The summed E-state index contributed by atoms with van der Waals surface area (Å²) in [5.41, 5.74) is 0.837. The van der Waals surface area contributed by atoms with Crippen molar-refractivity contribution in [2.24, 2.45) is 0 Å². The molecule has 3 aromatic rings. The first-order valence-corrected chi connectivity index (χ1v) is 9.97. The van der Waals surface area contributed by atoms with E-state index in [0.717, 1.165) is 17.7 Å². The van der Waals surface area contributed by atoms with E-state index < -0.39 is 17.6 Å². The standard InChI is InChI=1S/C24H23F3N2O3/c1-3-31-19-9-11-20(12-10-19)32-22-13-6-17(24(25,26)27)14-21(22)28-15-23(30)29-18-7-4-16(2)5-8-18/h4-14,28H,3,15H2,1-2H3,(H,29,30). The zero-order valence-electron chi connectivity index (χ0n) is 17.6. The van der Waals surface area contributed by atoms with Crippen LogP contribution < -0.4 is 20.1 Å². The van der Waals surface area contributed by atoms with Gasteiger partial charge in [-0.05, 0) is 68.4 Å². The molecule has 3 aromatic carbocycles. The molecule has 0 fully saturated rings. The maximum Gasteiger partial charge on any atom is 0.416 e. The van der Waals surface area contributed by atoms with Crippen LogP contribution in [0.25, 0.3) is 0 Å². The third-order valence-corrected chi connectivity index (χ3v) is 4.44. The average molecular weight is 444 g/mol. The Labute approximate surface area is 184 Å². The van der Waals surface area contributed by atoms with Gasteiger partial charge in [-0.15, -0.1) is 0 Å². The SMILES string of the molecule is CCOc1ccc(Oc2ccc(C(F)(F)F)cc2NCC(=O)Nc2ccc(C)cc2)cc1. The summed E-state index contributed by atoms with van der Waals surface area (Å²) in [6.45, 7) is 4.05. The molecule has 3 rings (SSSR count). The van der Waals surface area contributed by atoms with Crippen LogP contribution in [0.2, 0.25) is 0 Å². The predicted octanol–water partition coefficient (Wildman–Crippen LogP) is 6.26. The van der Waals surface area contributed by atoms with Crippen molar-refractivity contribution in [3.63, 3.8) is 0 Å². The van der Waals surface area contributed by atoms with E-state index in [1.165, 1.54) is 6.07 Å². The molecular formula is C24H23F3N2O3. The lowest BCUT2D eigenvalue weighted by atomic mass is 10.1. The molecule has 0 heterocycles. The normalized spacial score (nSPS) is 11.0. The highest BCUT2D eigenvalue weighted by molar-refractivity contribution is 5.94. The number of rotatable bonds is 8. The molecule has 0 saturated carbocycles. The first-order valence-electron chi connectivity index (χ1n) is 9.97. The number of halogens is 3. The number of benzene rings is 3. The Morgan fingerprint density at radius 2 is 1.59 bits per heavy atom. The molecule has 0 aromatic heterocycles. The van der Waals surface area contributed by atoms with Crippen LogP contribution in [0.1, 0.15) is 18.1 Å². The Bertz CT molecular complexity index is 1050. The van der Waals surface area contributed by atoms with E-state index in [1.807, 2.05) is 26.0 Å². The van der Waals surface area contributed by atoms with E-state index in [1.54, 1.807) is 36.4 Å². The summed E-state index contributed by atoms with van der Waals surface area (Å²) >= 11 is 0. The molecule has 2 N–H and O–H groups in total. The van der Waals surface area contributed by atoms with Gasteiger partial charge < -0.3 is 20.1 Å². The Hall–Kier alpha value is -3.68. The molecule has 0 radical (unpaired) electrons. The van der Waals surface area contributed by atoms with Crippen molar-refractivity contribution in [3.8, 4) is 17.2 Å². The van der Waals surface area contributed by atoms with E-state index in [0.29, 0.717) is 23.8 Å². The molecule has 32 heavy (non-hydrogen) atoms. The van der Waals surface area contributed by atoms with E-state index in [2.05, 4.69) is 10.6 Å². The highest BCUT2D eigenvalue weighted by atomic mass is 19.4. The quantitative estimate of drug-likeness (QED) is 0.431. The number of carbonyl (C=O) groups is 1. The van der Waals surface area contributed by atoms with Crippen molar-refractivity contribution in [2.45, 2.75) is 20.0 Å². The number of hydrogen-bond acceptors (Lipinski definition) is 4. The largest absolute Gasteiger partial charge is 0.494 e. The highest BCUT2D eigenvalue weighted by Crippen LogP contribution is 2.37. The van der Waals surface area contributed by atoms with Crippen molar-refractivity contribution < 1.29 is 27.4 Å². The Balaban J connectivity index is 1.75. The number of alkyl halides is 3. The number of hydrogen-bond donors (Lipinski definition) is 2. The molecule has 8 heteroatoms. The summed E-state index contributed by atoms with van der Waals surface area (Å²) in [5.74, 6) is 0.822. The topological polar surface area (TPSA) is 59.6 Å². The summed E-state index contributed by atoms with van der Waals surface area (Å²) in [7, 11) is 0. The maximum atomic E-state index is 13.2. The minimum Gasteiger partial charge on any atom is -0.494 e. The molecule has 0 aliphatic rings. The van der Waals surface area contributed by atoms with E-state index >= 15 is 0 Å². The molecule has 1 amide bonds. The minimum absolute atomic E-state index is 0.0489. The third kappa shape index (κ3) is 6.41. The van der Waals surface area contributed by atoms with E-state index in [-0.39, 0.29) is 18.0 Å². The van der Waals surface area contributed by atoms with Crippen LogP contribution in [-0.2, 0) is 11.0 Å². The monoisotopic (exact) mass is 444 g/mol. The second kappa shape index (κ2) is 10.1. The number of anilines is 2. The molecule has 0 bridgehead atoms. The second-order valence-corrected chi connectivity index (χ2v) is 6.98. The zero-order valence-corrected chi connectivity index (χ0v) is 17.6. The molecule has 0 spiro atoms. The van der Waals surface area contributed by atoms with Crippen molar-refractivity contribution >= 4 is 17.3 Å². The fourth-order valence-corrected chi connectivity index (χ4v) is 2.85. The van der Waals surface area contributed by atoms with Gasteiger partial charge >= 0.3 is 6.18 Å². The highest BCUT2D eigenvalue weighted by Gasteiger charge is 2.31. The smallest absolute Gasteiger partial charge is 0.416 e. The van der Waals surface area contributed by atoms with Crippen LogP contribution in [-0.4, -0.2) is 19.1 Å². The molecule has 0 atom stereocenters. The summed E-state index contributed by atoms with van der Waals surface area (Å²) in [6, 6.07) is 17.0. The van der Waals surface area contributed by atoms with Gasteiger partial charge in [0.1, 0.15) is 11.5 Å². The van der Waals surface area contributed by atoms with Gasteiger partial charge in [0.05, 0.1) is 24.4 Å². The molecule has 5 nitrogen and oxygen atoms in total. The van der Waals surface area contributed by atoms with Gasteiger partial charge in [-0.2, -0.15) is 13.2 Å². The second-order valence-electron chi connectivity index (χ2n) is 6.98. The first-order chi connectivity index (χ1) is 15.2. The molecule has 0 unspecified atom stereocenters.